The molecule has 2 aromatic heterocycles. The molecule has 0 saturated carbocycles. The van der Waals surface area contributed by atoms with E-state index >= 15 is 0 Å². The molecule has 0 spiro atoms. The van der Waals surface area contributed by atoms with E-state index in [2.05, 4.69) is 21.4 Å². The van der Waals surface area contributed by atoms with Gasteiger partial charge in [-0.25, -0.2) is 0 Å². The SMILES string of the molecule is C=CCN1[C@H](c2ccccn2)CC(=O)C(C(=O)OC)[C@@H]1c1ccccn1. The number of ketones is 1. The summed E-state index contributed by atoms with van der Waals surface area (Å²) in [5.41, 5.74) is 1.44. The van der Waals surface area contributed by atoms with Crippen molar-refractivity contribution < 1.29 is 14.3 Å². The van der Waals surface area contributed by atoms with Crippen LogP contribution in [0.3, 0.4) is 0 Å². The number of ether oxygens (including phenoxy) is 1. The van der Waals surface area contributed by atoms with Crippen molar-refractivity contribution in [3.8, 4) is 0 Å². The van der Waals surface area contributed by atoms with Crippen LogP contribution in [0.4, 0.5) is 0 Å². The maximum atomic E-state index is 12.9. The van der Waals surface area contributed by atoms with Gasteiger partial charge in [0.1, 0.15) is 5.92 Å². The highest BCUT2D eigenvalue weighted by molar-refractivity contribution is 6.00. The molecule has 6 heteroatoms. The number of esters is 1. The van der Waals surface area contributed by atoms with Crippen LogP contribution in [0.15, 0.2) is 61.4 Å². The maximum Gasteiger partial charge on any atom is 0.318 e. The first-order chi connectivity index (χ1) is 12.7. The molecule has 0 amide bonds. The molecule has 0 bridgehead atoms. The number of rotatable bonds is 5. The highest BCUT2D eigenvalue weighted by atomic mass is 16.5. The second-order valence-electron chi connectivity index (χ2n) is 6.13. The molecular weight excluding hydrogens is 330 g/mol. The molecule has 1 aliphatic rings. The van der Waals surface area contributed by atoms with Crippen molar-refractivity contribution in [1.29, 1.82) is 0 Å². The number of hydrogen-bond acceptors (Lipinski definition) is 6. The number of piperidine rings is 1. The van der Waals surface area contributed by atoms with Crippen LogP contribution in [-0.2, 0) is 14.3 Å². The second-order valence-corrected chi connectivity index (χ2v) is 6.13. The Morgan fingerprint density at radius 2 is 1.88 bits per heavy atom. The van der Waals surface area contributed by atoms with E-state index in [0.29, 0.717) is 12.2 Å². The zero-order chi connectivity index (χ0) is 18.5. The molecule has 1 aliphatic heterocycles. The molecule has 1 unspecified atom stereocenters. The van der Waals surface area contributed by atoms with Gasteiger partial charge in [0, 0.05) is 25.4 Å². The van der Waals surface area contributed by atoms with E-state index in [9.17, 15) is 9.59 Å². The van der Waals surface area contributed by atoms with Gasteiger partial charge < -0.3 is 4.74 Å². The fourth-order valence-corrected chi connectivity index (χ4v) is 3.51. The van der Waals surface area contributed by atoms with Crippen molar-refractivity contribution in [3.05, 3.63) is 72.8 Å². The van der Waals surface area contributed by atoms with E-state index in [0.717, 1.165) is 5.69 Å². The van der Waals surface area contributed by atoms with Crippen molar-refractivity contribution in [1.82, 2.24) is 14.9 Å². The first-order valence-corrected chi connectivity index (χ1v) is 8.46. The predicted octanol–water partition coefficient (Wildman–Crippen LogP) is 2.51. The molecule has 0 N–H and O–H groups in total. The average Bonchev–Trinajstić information content (AvgIpc) is 2.69. The lowest BCUT2D eigenvalue weighted by atomic mass is 9.81. The molecule has 6 nitrogen and oxygen atoms in total. The molecule has 0 aromatic carbocycles. The van der Waals surface area contributed by atoms with Gasteiger partial charge in [0.15, 0.2) is 5.78 Å². The van der Waals surface area contributed by atoms with E-state index in [1.807, 2.05) is 30.3 Å². The first kappa shape index (κ1) is 17.9. The Balaban J connectivity index is 2.11. The minimum absolute atomic E-state index is 0.163. The first-order valence-electron chi connectivity index (χ1n) is 8.46. The summed E-state index contributed by atoms with van der Waals surface area (Å²) in [6.45, 7) is 4.33. The van der Waals surface area contributed by atoms with E-state index in [4.69, 9.17) is 4.74 Å². The van der Waals surface area contributed by atoms with Gasteiger partial charge in [-0.15, -0.1) is 6.58 Å². The minimum atomic E-state index is -0.921. The third kappa shape index (κ3) is 3.41. The van der Waals surface area contributed by atoms with Crippen LogP contribution in [-0.4, -0.2) is 40.3 Å². The van der Waals surface area contributed by atoms with E-state index in [1.165, 1.54) is 7.11 Å². The number of methoxy groups -OCH3 is 1. The number of carbonyl (C=O) groups is 2. The topological polar surface area (TPSA) is 72.4 Å². The van der Waals surface area contributed by atoms with Crippen LogP contribution in [0.5, 0.6) is 0 Å². The van der Waals surface area contributed by atoms with Gasteiger partial charge in [-0.2, -0.15) is 0 Å². The molecule has 3 rings (SSSR count). The van der Waals surface area contributed by atoms with Crippen LogP contribution >= 0.6 is 0 Å². The molecule has 1 fully saturated rings. The number of aromatic nitrogens is 2. The van der Waals surface area contributed by atoms with Crippen LogP contribution < -0.4 is 0 Å². The largest absolute Gasteiger partial charge is 0.468 e. The number of likely N-dealkylation sites (tertiary alicyclic amines) is 1. The molecule has 26 heavy (non-hydrogen) atoms. The van der Waals surface area contributed by atoms with Crippen molar-refractivity contribution in [3.63, 3.8) is 0 Å². The Morgan fingerprint density at radius 1 is 1.23 bits per heavy atom. The molecule has 3 atom stereocenters. The van der Waals surface area contributed by atoms with Gasteiger partial charge in [0.05, 0.1) is 30.6 Å². The van der Waals surface area contributed by atoms with E-state index in [1.54, 1.807) is 24.5 Å². The van der Waals surface area contributed by atoms with Crippen molar-refractivity contribution >= 4 is 11.8 Å². The van der Waals surface area contributed by atoms with Crippen LogP contribution in [0.2, 0.25) is 0 Å². The van der Waals surface area contributed by atoms with Gasteiger partial charge in [-0.1, -0.05) is 18.2 Å². The van der Waals surface area contributed by atoms with Crippen LogP contribution in [0.1, 0.15) is 29.9 Å². The molecule has 2 aromatic rings. The number of hydrogen-bond donors (Lipinski definition) is 0. The normalized spacial score (nSPS) is 23.4. The molecule has 0 radical (unpaired) electrons. The Morgan fingerprint density at radius 3 is 2.42 bits per heavy atom. The standard InChI is InChI=1S/C20H21N3O3/c1-3-12-23-16(14-8-4-6-10-21-14)13-17(24)18(20(25)26-2)19(23)15-9-5-7-11-22-15/h3-11,16,18-19H,1,12-13H2,2H3/t16-,18?,19-/m0/s1. The van der Waals surface area contributed by atoms with Crippen LogP contribution in [0.25, 0.3) is 0 Å². The Hall–Kier alpha value is -2.86. The highest BCUT2D eigenvalue weighted by Gasteiger charge is 2.48. The maximum absolute atomic E-state index is 12.9. The lowest BCUT2D eigenvalue weighted by Crippen LogP contribution is -2.49. The molecule has 1 saturated heterocycles. The summed E-state index contributed by atoms with van der Waals surface area (Å²) >= 11 is 0. The third-order valence-electron chi connectivity index (χ3n) is 4.63. The van der Waals surface area contributed by atoms with E-state index in [-0.39, 0.29) is 18.2 Å². The van der Waals surface area contributed by atoms with Crippen LogP contribution in [0, 0.1) is 5.92 Å². The summed E-state index contributed by atoms with van der Waals surface area (Å²) in [6.07, 6.45) is 5.31. The van der Waals surface area contributed by atoms with Gasteiger partial charge in [0.2, 0.25) is 0 Å². The quantitative estimate of drug-likeness (QED) is 0.468. The molecule has 0 aliphatic carbocycles. The Labute approximate surface area is 152 Å². The molecular formula is C20H21N3O3. The summed E-state index contributed by atoms with van der Waals surface area (Å²) in [6, 6.07) is 10.3. The molecule has 3 heterocycles. The summed E-state index contributed by atoms with van der Waals surface area (Å²) in [4.78, 5) is 36.2. The fourth-order valence-electron chi connectivity index (χ4n) is 3.51. The van der Waals surface area contributed by atoms with Crippen molar-refractivity contribution in [2.75, 3.05) is 13.7 Å². The second kappa shape index (κ2) is 8.01. The zero-order valence-electron chi connectivity index (χ0n) is 14.6. The number of nitrogens with zero attached hydrogens (tertiary/aromatic N) is 3. The van der Waals surface area contributed by atoms with Crippen molar-refractivity contribution in [2.24, 2.45) is 5.92 Å². The number of pyridine rings is 2. The molecule has 134 valence electrons. The smallest absolute Gasteiger partial charge is 0.318 e. The monoisotopic (exact) mass is 351 g/mol. The van der Waals surface area contributed by atoms with Crippen molar-refractivity contribution in [2.45, 2.75) is 18.5 Å². The van der Waals surface area contributed by atoms with Gasteiger partial charge in [0.25, 0.3) is 0 Å². The van der Waals surface area contributed by atoms with E-state index < -0.39 is 17.9 Å². The third-order valence-corrected chi connectivity index (χ3v) is 4.63. The predicted molar refractivity (Wildman–Crippen MR) is 96.0 cm³/mol. The number of carbonyl (C=O) groups excluding carboxylic acids is 2. The summed E-state index contributed by atoms with van der Waals surface area (Å²) in [7, 11) is 1.30. The minimum Gasteiger partial charge on any atom is -0.468 e. The zero-order valence-corrected chi connectivity index (χ0v) is 14.6. The Kier molecular flexibility index (Phi) is 5.53. The Bertz CT molecular complexity index is 779. The average molecular weight is 351 g/mol. The summed E-state index contributed by atoms with van der Waals surface area (Å²) < 4.78 is 4.92. The summed E-state index contributed by atoms with van der Waals surface area (Å²) in [5, 5.41) is 0. The fraction of sp³-hybridized carbons (Fsp3) is 0.300. The van der Waals surface area contributed by atoms with Gasteiger partial charge >= 0.3 is 5.97 Å². The lowest BCUT2D eigenvalue weighted by molar-refractivity contribution is -0.157. The number of Topliss-reactive ketones (excluding diaryl/α,β-unsaturated/α-hetero) is 1. The summed E-state index contributed by atoms with van der Waals surface area (Å²) in [5.74, 6) is -1.63. The van der Waals surface area contributed by atoms with Gasteiger partial charge in [-0.3, -0.25) is 24.5 Å². The lowest BCUT2D eigenvalue weighted by Gasteiger charge is -2.43. The van der Waals surface area contributed by atoms with Gasteiger partial charge in [-0.05, 0) is 24.3 Å². The highest BCUT2D eigenvalue weighted by Crippen LogP contribution is 2.42.